The summed E-state index contributed by atoms with van der Waals surface area (Å²) >= 11 is 12.1. The molecule has 0 spiro atoms. The van der Waals surface area contributed by atoms with E-state index in [1.54, 1.807) is 66.7 Å². The molecule has 0 bridgehead atoms. The third-order valence-corrected chi connectivity index (χ3v) is 5.39. The number of rotatable bonds is 6. The molecule has 4 rings (SSSR count). The predicted molar refractivity (Wildman–Crippen MR) is 125 cm³/mol. The highest BCUT2D eigenvalue weighted by Gasteiger charge is 2.40. The zero-order valence-corrected chi connectivity index (χ0v) is 18.7. The van der Waals surface area contributed by atoms with Crippen LogP contribution in [0.4, 0.5) is 11.4 Å². The maximum atomic E-state index is 13.4. The molecule has 0 saturated carbocycles. The van der Waals surface area contributed by atoms with Gasteiger partial charge in [-0.25, -0.2) is 4.90 Å². The Morgan fingerprint density at radius 1 is 0.781 bits per heavy atom. The van der Waals surface area contributed by atoms with Crippen LogP contribution in [0.3, 0.4) is 0 Å². The fourth-order valence-corrected chi connectivity index (χ4v) is 3.71. The maximum Gasteiger partial charge on any atom is 0.282 e. The predicted octanol–water partition coefficient (Wildman–Crippen LogP) is 5.41. The normalized spacial score (nSPS) is 13.6. The molecule has 6 nitrogen and oxygen atoms in total. The minimum atomic E-state index is -0.510. The first-order chi connectivity index (χ1) is 15.4. The van der Waals surface area contributed by atoms with Gasteiger partial charge in [0.15, 0.2) is 0 Å². The van der Waals surface area contributed by atoms with Crippen LogP contribution in [0.1, 0.15) is 5.56 Å². The van der Waals surface area contributed by atoms with Gasteiger partial charge in [-0.2, -0.15) is 0 Å². The lowest BCUT2D eigenvalue weighted by Gasteiger charge is -2.16. The summed E-state index contributed by atoms with van der Waals surface area (Å²) in [5, 5.41) is 4.02. The third-order valence-electron chi connectivity index (χ3n) is 4.90. The topological polar surface area (TPSA) is 67.9 Å². The number of nitrogens with one attached hydrogen (secondary N) is 1. The SMILES string of the molecule is COc1cc(NC2=C(c3ccc(Cl)cc3)C(=O)N(c3cccc(Cl)c3)C2=O)cc(OC)c1. The van der Waals surface area contributed by atoms with E-state index in [0.717, 1.165) is 4.90 Å². The van der Waals surface area contributed by atoms with E-state index in [-0.39, 0.29) is 11.3 Å². The summed E-state index contributed by atoms with van der Waals surface area (Å²) < 4.78 is 10.6. The highest BCUT2D eigenvalue weighted by Crippen LogP contribution is 2.36. The molecule has 3 aromatic carbocycles. The molecule has 2 amide bonds. The molecular weight excluding hydrogens is 451 g/mol. The van der Waals surface area contributed by atoms with E-state index in [0.29, 0.717) is 38.5 Å². The Morgan fingerprint density at radius 3 is 2.03 bits per heavy atom. The first kappa shape index (κ1) is 21.7. The molecule has 8 heteroatoms. The van der Waals surface area contributed by atoms with Crippen molar-refractivity contribution in [3.63, 3.8) is 0 Å². The summed E-state index contributed by atoms with van der Waals surface area (Å²) in [5.74, 6) is 0.0777. The summed E-state index contributed by atoms with van der Waals surface area (Å²) in [6, 6.07) is 18.4. The number of carbonyl (C=O) groups is 2. The zero-order chi connectivity index (χ0) is 22.8. The Bertz CT molecular complexity index is 1220. The number of ether oxygens (including phenoxy) is 2. The molecule has 1 heterocycles. The van der Waals surface area contributed by atoms with Crippen molar-refractivity contribution < 1.29 is 19.1 Å². The van der Waals surface area contributed by atoms with Gasteiger partial charge in [-0.3, -0.25) is 9.59 Å². The average Bonchev–Trinajstić information content (AvgIpc) is 3.03. The van der Waals surface area contributed by atoms with Gasteiger partial charge in [-0.15, -0.1) is 0 Å². The van der Waals surface area contributed by atoms with Gasteiger partial charge in [0.2, 0.25) is 0 Å². The molecule has 0 atom stereocenters. The molecule has 162 valence electrons. The Hall–Kier alpha value is -3.48. The second kappa shape index (κ2) is 8.94. The lowest BCUT2D eigenvalue weighted by Crippen LogP contribution is -2.32. The van der Waals surface area contributed by atoms with Crippen LogP contribution in [0.25, 0.3) is 5.57 Å². The van der Waals surface area contributed by atoms with E-state index in [1.165, 1.54) is 14.2 Å². The number of halogens is 2. The molecule has 0 aliphatic carbocycles. The van der Waals surface area contributed by atoms with Crippen LogP contribution in [0.2, 0.25) is 10.0 Å². The van der Waals surface area contributed by atoms with Crippen LogP contribution in [-0.2, 0) is 9.59 Å². The van der Waals surface area contributed by atoms with Crippen LogP contribution >= 0.6 is 23.2 Å². The number of amides is 2. The van der Waals surface area contributed by atoms with Crippen LogP contribution in [0.5, 0.6) is 11.5 Å². The molecule has 1 aliphatic heterocycles. The molecule has 0 radical (unpaired) electrons. The number of nitrogens with zero attached hydrogens (tertiary/aromatic N) is 1. The van der Waals surface area contributed by atoms with E-state index >= 15 is 0 Å². The van der Waals surface area contributed by atoms with Gasteiger partial charge in [-0.05, 0) is 35.9 Å². The van der Waals surface area contributed by atoms with Gasteiger partial charge in [0.05, 0.1) is 25.5 Å². The number of anilines is 2. The Kier molecular flexibility index (Phi) is 6.08. The monoisotopic (exact) mass is 468 g/mol. The van der Waals surface area contributed by atoms with E-state index in [2.05, 4.69) is 5.32 Å². The van der Waals surface area contributed by atoms with Gasteiger partial charge < -0.3 is 14.8 Å². The van der Waals surface area contributed by atoms with Crippen LogP contribution in [0.15, 0.2) is 72.4 Å². The minimum Gasteiger partial charge on any atom is -0.497 e. The third kappa shape index (κ3) is 4.15. The second-order valence-corrected chi connectivity index (χ2v) is 7.78. The summed E-state index contributed by atoms with van der Waals surface area (Å²) in [6.45, 7) is 0. The van der Waals surface area contributed by atoms with Crippen molar-refractivity contribution in [2.45, 2.75) is 0 Å². The lowest BCUT2D eigenvalue weighted by atomic mass is 10.0. The van der Waals surface area contributed by atoms with Gasteiger partial charge >= 0.3 is 0 Å². The molecule has 32 heavy (non-hydrogen) atoms. The molecule has 1 N–H and O–H groups in total. The molecular formula is C24H18Cl2N2O4. The van der Waals surface area contributed by atoms with Crippen molar-refractivity contribution in [2.24, 2.45) is 0 Å². The Labute approximate surface area is 195 Å². The molecule has 0 unspecified atom stereocenters. The zero-order valence-electron chi connectivity index (χ0n) is 17.2. The van der Waals surface area contributed by atoms with Crippen molar-refractivity contribution in [1.82, 2.24) is 0 Å². The number of hydrogen-bond acceptors (Lipinski definition) is 5. The van der Waals surface area contributed by atoms with Crippen LogP contribution in [-0.4, -0.2) is 26.0 Å². The summed E-state index contributed by atoms with van der Waals surface area (Å²) in [7, 11) is 3.06. The number of methoxy groups -OCH3 is 2. The number of carbonyl (C=O) groups excluding carboxylic acids is 2. The van der Waals surface area contributed by atoms with Gasteiger partial charge in [-0.1, -0.05) is 41.4 Å². The van der Waals surface area contributed by atoms with E-state index in [4.69, 9.17) is 32.7 Å². The molecule has 1 aliphatic rings. The van der Waals surface area contributed by atoms with E-state index < -0.39 is 11.8 Å². The van der Waals surface area contributed by atoms with Gasteiger partial charge in [0, 0.05) is 33.9 Å². The molecule has 0 aromatic heterocycles. The summed E-state index contributed by atoms with van der Waals surface area (Å²) in [4.78, 5) is 28.0. The quantitative estimate of drug-likeness (QED) is 0.490. The largest absolute Gasteiger partial charge is 0.497 e. The average molecular weight is 469 g/mol. The number of imide groups is 1. The van der Waals surface area contributed by atoms with Gasteiger partial charge in [0.1, 0.15) is 17.2 Å². The van der Waals surface area contributed by atoms with E-state index in [9.17, 15) is 9.59 Å². The van der Waals surface area contributed by atoms with Crippen molar-refractivity contribution in [3.8, 4) is 11.5 Å². The first-order valence-electron chi connectivity index (χ1n) is 9.56. The van der Waals surface area contributed by atoms with Crippen molar-refractivity contribution in [2.75, 3.05) is 24.4 Å². The summed E-state index contributed by atoms with van der Waals surface area (Å²) in [6.07, 6.45) is 0. The smallest absolute Gasteiger partial charge is 0.282 e. The second-order valence-electron chi connectivity index (χ2n) is 6.91. The lowest BCUT2D eigenvalue weighted by molar-refractivity contribution is -0.120. The van der Waals surface area contributed by atoms with Crippen molar-refractivity contribution in [3.05, 3.63) is 88.0 Å². The van der Waals surface area contributed by atoms with Gasteiger partial charge in [0.25, 0.3) is 11.8 Å². The van der Waals surface area contributed by atoms with Crippen LogP contribution in [0, 0.1) is 0 Å². The fraction of sp³-hybridized carbons (Fsp3) is 0.0833. The van der Waals surface area contributed by atoms with Crippen LogP contribution < -0.4 is 19.7 Å². The summed E-state index contributed by atoms with van der Waals surface area (Å²) in [5.41, 5.74) is 1.78. The minimum absolute atomic E-state index is 0.118. The highest BCUT2D eigenvalue weighted by molar-refractivity contribution is 6.46. The number of hydrogen-bond donors (Lipinski definition) is 1. The molecule has 3 aromatic rings. The van der Waals surface area contributed by atoms with Crippen molar-refractivity contribution in [1.29, 1.82) is 0 Å². The first-order valence-corrected chi connectivity index (χ1v) is 10.3. The number of benzene rings is 3. The maximum absolute atomic E-state index is 13.4. The standard InChI is InChI=1S/C24H18Cl2N2O4/c1-31-19-11-17(12-20(13-19)32-2)27-22-21(14-6-8-15(25)9-7-14)23(29)28(24(22)30)18-5-3-4-16(26)10-18/h3-13,27H,1-2H3. The molecule has 0 fully saturated rings. The Balaban J connectivity index is 1.83. The molecule has 0 saturated heterocycles. The Morgan fingerprint density at radius 2 is 1.44 bits per heavy atom. The fourth-order valence-electron chi connectivity index (χ4n) is 3.40. The highest BCUT2D eigenvalue weighted by atomic mass is 35.5. The van der Waals surface area contributed by atoms with E-state index in [1.807, 2.05) is 0 Å². The van der Waals surface area contributed by atoms with Crippen molar-refractivity contribution >= 4 is 52.0 Å².